The van der Waals surface area contributed by atoms with E-state index in [2.05, 4.69) is 0 Å². The van der Waals surface area contributed by atoms with E-state index in [1.165, 1.54) is 6.92 Å². The predicted molar refractivity (Wildman–Crippen MR) is 64.8 cm³/mol. The Bertz CT molecular complexity index is 398. The Labute approximate surface area is 111 Å². The van der Waals surface area contributed by atoms with E-state index in [9.17, 15) is 14.4 Å². The van der Waals surface area contributed by atoms with Crippen LogP contribution in [0.15, 0.2) is 11.6 Å². The molecular formula is C13H18O6. The van der Waals surface area contributed by atoms with Gasteiger partial charge < -0.3 is 14.2 Å². The van der Waals surface area contributed by atoms with Crippen molar-refractivity contribution in [3.8, 4) is 0 Å². The lowest BCUT2D eigenvalue weighted by Crippen LogP contribution is -2.19. The number of rotatable bonds is 5. The van der Waals surface area contributed by atoms with Gasteiger partial charge in [0.1, 0.15) is 0 Å². The zero-order valence-electron chi connectivity index (χ0n) is 11.3. The van der Waals surface area contributed by atoms with Crippen molar-refractivity contribution in [3.05, 3.63) is 11.6 Å². The van der Waals surface area contributed by atoms with Gasteiger partial charge in [0.2, 0.25) is 6.29 Å². The monoisotopic (exact) mass is 270 g/mol. The molecular weight excluding hydrogens is 252 g/mol. The average Bonchev–Trinajstić information content (AvgIpc) is 2.74. The molecule has 1 aliphatic rings. The van der Waals surface area contributed by atoms with Crippen LogP contribution in [0, 0.1) is 0 Å². The van der Waals surface area contributed by atoms with Crippen molar-refractivity contribution in [1.29, 1.82) is 0 Å². The average molecular weight is 270 g/mol. The quantitative estimate of drug-likeness (QED) is 0.556. The molecule has 1 saturated heterocycles. The lowest BCUT2D eigenvalue weighted by molar-refractivity contribution is -0.173. The summed E-state index contributed by atoms with van der Waals surface area (Å²) in [5.41, 5.74) is 0.108. The number of hydrogen-bond donors (Lipinski definition) is 0. The van der Waals surface area contributed by atoms with E-state index in [0.717, 1.165) is 6.08 Å². The van der Waals surface area contributed by atoms with Gasteiger partial charge in [-0.05, 0) is 20.3 Å². The van der Waals surface area contributed by atoms with Gasteiger partial charge in [-0.2, -0.15) is 0 Å². The maximum atomic E-state index is 11.6. The van der Waals surface area contributed by atoms with Crippen LogP contribution in [0.25, 0.3) is 0 Å². The lowest BCUT2D eigenvalue weighted by atomic mass is 10.3. The van der Waals surface area contributed by atoms with Crippen molar-refractivity contribution in [2.45, 2.75) is 52.4 Å². The summed E-state index contributed by atoms with van der Waals surface area (Å²) >= 11 is 0. The summed E-state index contributed by atoms with van der Waals surface area (Å²) in [5.74, 6) is -1.68. The van der Waals surface area contributed by atoms with E-state index >= 15 is 0 Å². The molecule has 1 aliphatic heterocycles. The first-order chi connectivity index (χ1) is 8.92. The molecule has 1 heterocycles. The minimum Gasteiger partial charge on any atom is -0.460 e. The minimum absolute atomic E-state index is 0.108. The van der Waals surface area contributed by atoms with E-state index in [1.54, 1.807) is 6.92 Å². The first-order valence-electron chi connectivity index (χ1n) is 6.21. The Morgan fingerprint density at radius 3 is 2.74 bits per heavy atom. The zero-order chi connectivity index (χ0) is 14.4. The van der Waals surface area contributed by atoms with E-state index in [4.69, 9.17) is 14.2 Å². The third-order valence-electron chi connectivity index (χ3n) is 2.63. The number of carbonyl (C=O) groups excluding carboxylic acids is 3. The maximum Gasteiger partial charge on any atom is 0.337 e. The van der Waals surface area contributed by atoms with Gasteiger partial charge in [0, 0.05) is 18.1 Å². The van der Waals surface area contributed by atoms with Crippen molar-refractivity contribution in [1.82, 2.24) is 0 Å². The second-order valence-electron chi connectivity index (χ2n) is 4.35. The fourth-order valence-corrected chi connectivity index (χ4v) is 1.35. The molecule has 0 spiro atoms. The molecule has 0 aromatic heterocycles. The molecule has 0 saturated carbocycles. The normalized spacial score (nSPS) is 20.7. The van der Waals surface area contributed by atoms with Gasteiger partial charge in [-0.15, -0.1) is 0 Å². The first-order valence-corrected chi connectivity index (χ1v) is 6.21. The number of ether oxygens (including phenoxy) is 3. The zero-order valence-corrected chi connectivity index (χ0v) is 11.3. The molecule has 0 radical (unpaired) electrons. The molecule has 1 rings (SSSR count). The third kappa shape index (κ3) is 5.11. The van der Waals surface area contributed by atoms with Gasteiger partial charge in [0.25, 0.3) is 0 Å². The summed E-state index contributed by atoms with van der Waals surface area (Å²) in [4.78, 5) is 33.9. The van der Waals surface area contributed by atoms with Gasteiger partial charge in [-0.25, -0.2) is 9.59 Å². The molecule has 0 N–H and O–H groups in total. The van der Waals surface area contributed by atoms with E-state index in [1.807, 2.05) is 6.92 Å². The number of hydrogen-bond acceptors (Lipinski definition) is 6. The van der Waals surface area contributed by atoms with E-state index < -0.39 is 24.2 Å². The molecule has 2 atom stereocenters. The minimum atomic E-state index is -0.853. The van der Waals surface area contributed by atoms with Crippen LogP contribution in [-0.2, 0) is 28.6 Å². The summed E-state index contributed by atoms with van der Waals surface area (Å²) in [6.45, 7) is 5.09. The Morgan fingerprint density at radius 2 is 2.21 bits per heavy atom. The fourth-order valence-electron chi connectivity index (χ4n) is 1.35. The summed E-state index contributed by atoms with van der Waals surface area (Å²) in [6, 6.07) is 0. The second-order valence-corrected chi connectivity index (χ2v) is 4.35. The molecule has 0 bridgehead atoms. The number of carbonyl (C=O) groups is 3. The molecule has 6 heteroatoms. The van der Waals surface area contributed by atoms with Crippen LogP contribution in [0.1, 0.15) is 40.0 Å². The van der Waals surface area contributed by atoms with Crippen LogP contribution < -0.4 is 0 Å². The smallest absolute Gasteiger partial charge is 0.337 e. The molecule has 6 nitrogen and oxygen atoms in total. The van der Waals surface area contributed by atoms with Gasteiger partial charge in [0.05, 0.1) is 12.5 Å². The molecule has 0 amide bonds. The Morgan fingerprint density at radius 1 is 1.53 bits per heavy atom. The Kier molecular flexibility index (Phi) is 5.54. The van der Waals surface area contributed by atoms with Crippen molar-refractivity contribution in [3.63, 3.8) is 0 Å². The van der Waals surface area contributed by atoms with Crippen LogP contribution in [0.3, 0.4) is 0 Å². The van der Waals surface area contributed by atoms with Crippen molar-refractivity contribution >= 4 is 17.9 Å². The highest BCUT2D eigenvalue weighted by molar-refractivity contribution is 5.96. The van der Waals surface area contributed by atoms with Crippen LogP contribution in [0.5, 0.6) is 0 Å². The first kappa shape index (κ1) is 15.2. The van der Waals surface area contributed by atoms with Gasteiger partial charge in [0.15, 0.2) is 0 Å². The standard InChI is InChI=1S/C13H18O6/c1-4-9(3)17-11(15)7-8(2)13(16)19-12-6-5-10(14)18-12/h7,9,12H,4-6H2,1-3H3. The number of cyclic esters (lactones) is 1. The highest BCUT2D eigenvalue weighted by atomic mass is 16.7. The molecule has 2 unspecified atom stereocenters. The summed E-state index contributed by atoms with van der Waals surface area (Å²) in [5, 5.41) is 0. The molecule has 19 heavy (non-hydrogen) atoms. The maximum absolute atomic E-state index is 11.6. The van der Waals surface area contributed by atoms with Gasteiger partial charge in [-0.3, -0.25) is 4.79 Å². The van der Waals surface area contributed by atoms with Crippen molar-refractivity contribution in [2.75, 3.05) is 0 Å². The number of esters is 3. The molecule has 0 aromatic carbocycles. The largest absolute Gasteiger partial charge is 0.460 e. The summed E-state index contributed by atoms with van der Waals surface area (Å²) in [6.07, 6.45) is 1.29. The van der Waals surface area contributed by atoms with Crippen molar-refractivity contribution < 1.29 is 28.6 Å². The molecule has 106 valence electrons. The molecule has 1 fully saturated rings. The predicted octanol–water partition coefficient (Wildman–Crippen LogP) is 1.48. The second kappa shape index (κ2) is 6.92. The van der Waals surface area contributed by atoms with Crippen LogP contribution in [0.2, 0.25) is 0 Å². The molecule has 0 aromatic rings. The SMILES string of the molecule is CCC(C)OC(=O)C=C(C)C(=O)OC1CCC(=O)O1. The highest BCUT2D eigenvalue weighted by Crippen LogP contribution is 2.16. The third-order valence-corrected chi connectivity index (χ3v) is 2.63. The van der Waals surface area contributed by atoms with Crippen LogP contribution in [-0.4, -0.2) is 30.3 Å². The van der Waals surface area contributed by atoms with E-state index in [0.29, 0.717) is 12.8 Å². The van der Waals surface area contributed by atoms with Crippen molar-refractivity contribution in [2.24, 2.45) is 0 Å². The van der Waals surface area contributed by atoms with Gasteiger partial charge in [-0.1, -0.05) is 6.92 Å². The fraction of sp³-hybridized carbons (Fsp3) is 0.615. The Balaban J connectivity index is 2.47. The topological polar surface area (TPSA) is 78.9 Å². The van der Waals surface area contributed by atoms with E-state index in [-0.39, 0.29) is 18.1 Å². The Hall–Kier alpha value is -1.85. The molecule has 0 aliphatic carbocycles. The summed E-state index contributed by atoms with van der Waals surface area (Å²) in [7, 11) is 0. The van der Waals surface area contributed by atoms with Crippen LogP contribution in [0.4, 0.5) is 0 Å². The highest BCUT2D eigenvalue weighted by Gasteiger charge is 2.27. The van der Waals surface area contributed by atoms with Gasteiger partial charge >= 0.3 is 17.9 Å². The lowest BCUT2D eigenvalue weighted by Gasteiger charge is -2.11. The summed E-state index contributed by atoms with van der Waals surface area (Å²) < 4.78 is 14.7. The van der Waals surface area contributed by atoms with Crippen LogP contribution >= 0.6 is 0 Å².